The number of nitrogens with zero attached hydrogens (tertiary/aromatic N) is 1. The van der Waals surface area contributed by atoms with Crippen LogP contribution in [-0.4, -0.2) is 44.3 Å². The minimum Gasteiger partial charge on any atom is -0.452 e. The number of nitrogens with one attached hydrogen (secondary N) is 1. The number of carbonyl (C=O) groups excluding carboxylic acids is 2. The summed E-state index contributed by atoms with van der Waals surface area (Å²) in [6, 6.07) is 11.4. The minimum atomic E-state index is -3.57. The van der Waals surface area contributed by atoms with Gasteiger partial charge in [-0.05, 0) is 56.5 Å². The van der Waals surface area contributed by atoms with E-state index in [0.29, 0.717) is 24.3 Å². The fourth-order valence-corrected chi connectivity index (χ4v) is 4.82. The molecule has 1 aliphatic heterocycles. The second-order valence-corrected chi connectivity index (χ2v) is 9.02. The third kappa shape index (κ3) is 5.02. The molecule has 1 amide bonds. The number of aryl methyl sites for hydroxylation is 2. The highest BCUT2D eigenvalue weighted by Crippen LogP contribution is 2.23. The predicted octanol–water partition coefficient (Wildman–Crippen LogP) is 2.88. The molecular weight excluding hydrogens is 392 g/mol. The van der Waals surface area contributed by atoms with Crippen LogP contribution in [0.25, 0.3) is 0 Å². The number of anilines is 1. The second-order valence-electron chi connectivity index (χ2n) is 7.08. The first-order valence-corrected chi connectivity index (χ1v) is 10.9. The summed E-state index contributed by atoms with van der Waals surface area (Å²) in [4.78, 5) is 24.5. The molecule has 0 saturated carbocycles. The summed E-state index contributed by atoms with van der Waals surface area (Å²) in [5.41, 5.74) is 2.54. The Balaban J connectivity index is 1.61. The van der Waals surface area contributed by atoms with E-state index in [0.717, 1.165) is 24.0 Å². The van der Waals surface area contributed by atoms with Crippen LogP contribution in [0, 0.1) is 13.8 Å². The van der Waals surface area contributed by atoms with Crippen molar-refractivity contribution < 1.29 is 22.7 Å². The van der Waals surface area contributed by atoms with Crippen LogP contribution < -0.4 is 5.32 Å². The molecule has 1 aliphatic rings. The molecule has 2 aromatic carbocycles. The maximum Gasteiger partial charge on any atom is 0.338 e. The highest BCUT2D eigenvalue weighted by molar-refractivity contribution is 7.89. The van der Waals surface area contributed by atoms with E-state index in [1.54, 1.807) is 31.2 Å². The van der Waals surface area contributed by atoms with Crippen molar-refractivity contribution in [3.8, 4) is 0 Å². The lowest BCUT2D eigenvalue weighted by molar-refractivity contribution is -0.119. The Morgan fingerprint density at radius 2 is 1.79 bits per heavy atom. The number of sulfonamides is 1. The van der Waals surface area contributed by atoms with Gasteiger partial charge in [-0.25, -0.2) is 13.2 Å². The lowest BCUT2D eigenvalue weighted by atomic mass is 10.1. The average molecular weight is 416 g/mol. The number of esters is 1. The minimum absolute atomic E-state index is 0.129. The van der Waals surface area contributed by atoms with Crippen LogP contribution in [0.4, 0.5) is 5.69 Å². The molecule has 1 heterocycles. The second kappa shape index (κ2) is 8.75. The molecule has 154 valence electrons. The molecule has 0 bridgehead atoms. The van der Waals surface area contributed by atoms with E-state index in [-0.39, 0.29) is 4.90 Å². The van der Waals surface area contributed by atoms with Gasteiger partial charge in [-0.1, -0.05) is 23.8 Å². The van der Waals surface area contributed by atoms with Crippen LogP contribution in [-0.2, 0) is 19.6 Å². The van der Waals surface area contributed by atoms with Gasteiger partial charge >= 0.3 is 5.97 Å². The van der Waals surface area contributed by atoms with E-state index in [9.17, 15) is 18.0 Å². The maximum atomic E-state index is 12.6. The van der Waals surface area contributed by atoms with Crippen molar-refractivity contribution in [1.29, 1.82) is 0 Å². The molecule has 29 heavy (non-hydrogen) atoms. The Labute approximate surface area is 170 Å². The largest absolute Gasteiger partial charge is 0.452 e. The molecular formula is C21H24N2O5S. The Kier molecular flexibility index (Phi) is 6.34. The zero-order valence-electron chi connectivity index (χ0n) is 16.5. The summed E-state index contributed by atoms with van der Waals surface area (Å²) < 4.78 is 31.8. The molecule has 0 radical (unpaired) electrons. The predicted molar refractivity (Wildman–Crippen MR) is 109 cm³/mol. The highest BCUT2D eigenvalue weighted by atomic mass is 32.2. The van der Waals surface area contributed by atoms with Crippen LogP contribution in [0.2, 0.25) is 0 Å². The number of hydrogen-bond acceptors (Lipinski definition) is 5. The molecule has 0 unspecified atom stereocenters. The van der Waals surface area contributed by atoms with Gasteiger partial charge in [0.1, 0.15) is 0 Å². The Morgan fingerprint density at radius 3 is 2.48 bits per heavy atom. The fraction of sp³-hybridized carbons (Fsp3) is 0.333. The van der Waals surface area contributed by atoms with Crippen molar-refractivity contribution >= 4 is 27.6 Å². The van der Waals surface area contributed by atoms with E-state index in [2.05, 4.69) is 5.32 Å². The number of benzene rings is 2. The molecule has 0 aliphatic carbocycles. The van der Waals surface area contributed by atoms with Crippen molar-refractivity contribution in [2.24, 2.45) is 0 Å². The molecule has 8 heteroatoms. The van der Waals surface area contributed by atoms with Gasteiger partial charge < -0.3 is 10.1 Å². The maximum absolute atomic E-state index is 12.6. The van der Waals surface area contributed by atoms with Gasteiger partial charge in [0.15, 0.2) is 6.61 Å². The number of ether oxygens (including phenoxy) is 1. The van der Waals surface area contributed by atoms with E-state index < -0.39 is 28.5 Å². The summed E-state index contributed by atoms with van der Waals surface area (Å²) in [5, 5.41) is 2.58. The van der Waals surface area contributed by atoms with Gasteiger partial charge in [0, 0.05) is 18.8 Å². The summed E-state index contributed by atoms with van der Waals surface area (Å²) in [5.74, 6) is -1.12. The van der Waals surface area contributed by atoms with Crippen LogP contribution >= 0.6 is 0 Å². The van der Waals surface area contributed by atoms with Gasteiger partial charge in [0.05, 0.1) is 10.5 Å². The van der Waals surface area contributed by atoms with Gasteiger partial charge in [-0.15, -0.1) is 0 Å². The first-order chi connectivity index (χ1) is 13.8. The molecule has 0 atom stereocenters. The van der Waals surface area contributed by atoms with Crippen LogP contribution in [0.5, 0.6) is 0 Å². The number of carbonyl (C=O) groups is 2. The zero-order valence-corrected chi connectivity index (χ0v) is 17.3. The van der Waals surface area contributed by atoms with Gasteiger partial charge in [0.2, 0.25) is 10.0 Å². The molecule has 2 aromatic rings. The van der Waals surface area contributed by atoms with E-state index in [1.807, 2.05) is 13.0 Å². The third-order valence-electron chi connectivity index (χ3n) is 4.76. The molecule has 1 N–H and O–H groups in total. The van der Waals surface area contributed by atoms with E-state index in [1.165, 1.54) is 16.4 Å². The van der Waals surface area contributed by atoms with Crippen LogP contribution in [0.1, 0.15) is 34.3 Å². The normalized spacial score (nSPS) is 14.6. The Bertz CT molecular complexity index is 1030. The van der Waals surface area contributed by atoms with Gasteiger partial charge in [-0.2, -0.15) is 4.31 Å². The van der Waals surface area contributed by atoms with Gasteiger partial charge in [-0.3, -0.25) is 4.79 Å². The lowest BCUT2D eigenvalue weighted by Crippen LogP contribution is -2.28. The summed E-state index contributed by atoms with van der Waals surface area (Å²) in [6.07, 6.45) is 1.70. The summed E-state index contributed by atoms with van der Waals surface area (Å²) in [7, 11) is -3.57. The number of hydrogen-bond donors (Lipinski definition) is 1. The van der Waals surface area contributed by atoms with Crippen molar-refractivity contribution in [3.05, 3.63) is 59.2 Å². The molecule has 0 spiro atoms. The number of amides is 1. The fourth-order valence-electron chi connectivity index (χ4n) is 3.26. The third-order valence-corrected chi connectivity index (χ3v) is 6.65. The molecule has 1 fully saturated rings. The average Bonchev–Trinajstić information content (AvgIpc) is 3.22. The van der Waals surface area contributed by atoms with Crippen LogP contribution in [0.3, 0.4) is 0 Å². The Hall–Kier alpha value is -2.71. The van der Waals surface area contributed by atoms with Crippen molar-refractivity contribution in [3.63, 3.8) is 0 Å². The van der Waals surface area contributed by atoms with Crippen molar-refractivity contribution in [1.82, 2.24) is 4.31 Å². The topological polar surface area (TPSA) is 92.8 Å². The standard InChI is InChI=1S/C21H24N2O5S/c1-15-8-9-19(16(2)12-15)21(25)28-14-20(24)22-17-6-5-7-18(13-17)29(26,27)23-10-3-4-11-23/h5-9,12-13H,3-4,10-11,14H2,1-2H3,(H,22,24). The van der Waals surface area contributed by atoms with E-state index in [4.69, 9.17) is 4.74 Å². The molecule has 0 aromatic heterocycles. The molecule has 7 nitrogen and oxygen atoms in total. The van der Waals surface area contributed by atoms with E-state index >= 15 is 0 Å². The van der Waals surface area contributed by atoms with Crippen molar-refractivity contribution in [2.75, 3.05) is 25.0 Å². The molecule has 1 saturated heterocycles. The quantitative estimate of drug-likeness (QED) is 0.731. The van der Waals surface area contributed by atoms with Gasteiger partial charge in [0.25, 0.3) is 5.91 Å². The zero-order chi connectivity index (χ0) is 21.0. The number of rotatable bonds is 6. The lowest BCUT2D eigenvalue weighted by Gasteiger charge is -2.16. The SMILES string of the molecule is Cc1ccc(C(=O)OCC(=O)Nc2cccc(S(=O)(=O)N3CCCC3)c2)c(C)c1. The first-order valence-electron chi connectivity index (χ1n) is 9.42. The monoisotopic (exact) mass is 416 g/mol. The van der Waals surface area contributed by atoms with Crippen LogP contribution in [0.15, 0.2) is 47.4 Å². The smallest absolute Gasteiger partial charge is 0.338 e. The summed E-state index contributed by atoms with van der Waals surface area (Å²) in [6.45, 7) is 4.28. The Morgan fingerprint density at radius 1 is 1.07 bits per heavy atom. The summed E-state index contributed by atoms with van der Waals surface area (Å²) >= 11 is 0. The molecule has 3 rings (SSSR count). The first kappa shape index (κ1) is 21.0. The van der Waals surface area contributed by atoms with Crippen molar-refractivity contribution in [2.45, 2.75) is 31.6 Å². The highest BCUT2D eigenvalue weighted by Gasteiger charge is 2.27.